The molecule has 5 rings (SSSR count). The van der Waals surface area contributed by atoms with Crippen molar-refractivity contribution in [1.29, 1.82) is 0 Å². The lowest BCUT2D eigenvalue weighted by Crippen LogP contribution is -1.96. The van der Waals surface area contributed by atoms with E-state index in [0.29, 0.717) is 0 Å². The van der Waals surface area contributed by atoms with Gasteiger partial charge in [-0.2, -0.15) is 0 Å². The maximum absolute atomic E-state index is 5.76. The van der Waals surface area contributed by atoms with Crippen molar-refractivity contribution in [3.8, 4) is 23.0 Å². The number of nitrogens with zero attached hydrogens (tertiary/aromatic N) is 4. The zero-order valence-electron chi connectivity index (χ0n) is 29.4. The average Bonchev–Trinajstić information content (AvgIpc) is 3.61. The Kier molecular flexibility index (Phi) is 12.3. The standard InChI is InChI=1S/C38H50N6O4/c1-25-29-23-41-17-13-9-7-12-16-40-22-28-32(46-4)20-34(48-6)36-26(2)30(44-38(28)36)24-42-18-14-10-8-11-15-39-21-27-31(45-3)19-33(47-5)35(25)37(27)43-29/h19-24,43-44H,7-18H2,1-6H3. The summed E-state index contributed by atoms with van der Waals surface area (Å²) in [6, 6.07) is 3.89. The summed E-state index contributed by atoms with van der Waals surface area (Å²) >= 11 is 0. The fourth-order valence-electron chi connectivity index (χ4n) is 6.35. The molecule has 0 fully saturated rings. The van der Waals surface area contributed by atoms with E-state index in [1.807, 2.05) is 37.0 Å². The highest BCUT2D eigenvalue weighted by atomic mass is 16.5. The van der Waals surface area contributed by atoms with Crippen LogP contribution in [-0.2, 0) is 0 Å². The molecule has 0 amide bonds. The first-order valence-corrected chi connectivity index (χ1v) is 17.1. The molecule has 2 N–H and O–H groups in total. The Morgan fingerprint density at radius 3 is 1.12 bits per heavy atom. The zero-order chi connectivity index (χ0) is 33.9. The van der Waals surface area contributed by atoms with Crippen molar-refractivity contribution >= 4 is 46.7 Å². The van der Waals surface area contributed by atoms with Crippen molar-refractivity contribution < 1.29 is 18.9 Å². The predicted molar refractivity (Wildman–Crippen MR) is 199 cm³/mol. The number of hydrogen-bond donors (Lipinski definition) is 2. The van der Waals surface area contributed by atoms with Crippen LogP contribution in [0.3, 0.4) is 0 Å². The largest absolute Gasteiger partial charge is 0.496 e. The molecule has 2 aromatic heterocycles. The van der Waals surface area contributed by atoms with Gasteiger partial charge in [0.1, 0.15) is 23.0 Å². The highest BCUT2D eigenvalue weighted by Gasteiger charge is 2.20. The Hall–Kier alpha value is -4.60. The number of aromatic amines is 2. The van der Waals surface area contributed by atoms with Crippen molar-refractivity contribution in [3.63, 3.8) is 0 Å². The van der Waals surface area contributed by atoms with E-state index in [4.69, 9.17) is 38.9 Å². The number of rotatable bonds is 4. The summed E-state index contributed by atoms with van der Waals surface area (Å²) in [7, 11) is 6.75. The van der Waals surface area contributed by atoms with Gasteiger partial charge in [0, 0.05) is 73.9 Å². The van der Waals surface area contributed by atoms with Crippen LogP contribution in [0.2, 0.25) is 0 Å². The van der Waals surface area contributed by atoms with Gasteiger partial charge in [0.05, 0.1) is 62.0 Å². The van der Waals surface area contributed by atoms with E-state index >= 15 is 0 Å². The number of aryl methyl sites for hydroxylation is 2. The molecule has 0 spiro atoms. The Morgan fingerprint density at radius 1 is 0.458 bits per heavy atom. The van der Waals surface area contributed by atoms with Crippen LogP contribution >= 0.6 is 0 Å². The summed E-state index contributed by atoms with van der Waals surface area (Å²) in [5.74, 6) is 3.01. The number of H-pyrrole nitrogens is 2. The van der Waals surface area contributed by atoms with E-state index < -0.39 is 0 Å². The number of fused-ring (bicyclic) bond motifs is 2. The lowest BCUT2D eigenvalue weighted by Gasteiger charge is -2.10. The monoisotopic (exact) mass is 654 g/mol. The van der Waals surface area contributed by atoms with Crippen LogP contribution in [0.4, 0.5) is 0 Å². The second-order valence-electron chi connectivity index (χ2n) is 12.2. The molecule has 10 nitrogen and oxygen atoms in total. The van der Waals surface area contributed by atoms with Gasteiger partial charge >= 0.3 is 0 Å². The van der Waals surface area contributed by atoms with Gasteiger partial charge in [-0.05, 0) is 50.7 Å². The van der Waals surface area contributed by atoms with E-state index in [-0.39, 0.29) is 0 Å². The fourth-order valence-corrected chi connectivity index (χ4v) is 6.35. The third kappa shape index (κ3) is 7.75. The van der Waals surface area contributed by atoms with Crippen molar-refractivity contribution in [2.24, 2.45) is 20.0 Å². The molecule has 4 aromatic rings. The van der Waals surface area contributed by atoms with Crippen LogP contribution in [0.15, 0.2) is 32.1 Å². The smallest absolute Gasteiger partial charge is 0.133 e. The molecule has 48 heavy (non-hydrogen) atoms. The Balaban J connectivity index is 1.36. The third-order valence-corrected chi connectivity index (χ3v) is 9.07. The first-order valence-electron chi connectivity index (χ1n) is 17.1. The second-order valence-corrected chi connectivity index (χ2v) is 12.2. The lowest BCUT2D eigenvalue weighted by molar-refractivity contribution is 0.397. The maximum atomic E-state index is 5.76. The molecular weight excluding hydrogens is 604 g/mol. The van der Waals surface area contributed by atoms with Gasteiger partial charge in [-0.1, -0.05) is 25.7 Å². The Bertz CT molecular complexity index is 1680. The summed E-state index contributed by atoms with van der Waals surface area (Å²) in [5.41, 5.74) is 7.92. The second kappa shape index (κ2) is 17.0. The number of aliphatic imine (C=N–C) groups is 4. The van der Waals surface area contributed by atoms with E-state index in [2.05, 4.69) is 23.8 Å². The Labute approximate surface area is 283 Å². The summed E-state index contributed by atoms with van der Waals surface area (Å²) in [6.07, 6.45) is 16.2. The average molecular weight is 655 g/mol. The van der Waals surface area contributed by atoms with Gasteiger partial charge in [-0.25, -0.2) is 0 Å². The van der Waals surface area contributed by atoms with Gasteiger partial charge in [0.25, 0.3) is 0 Å². The predicted octanol–water partition coefficient (Wildman–Crippen LogP) is 7.81. The molecule has 10 heteroatoms. The number of aromatic nitrogens is 2. The topological polar surface area (TPSA) is 118 Å². The summed E-state index contributed by atoms with van der Waals surface area (Å²) < 4.78 is 23.0. The van der Waals surface area contributed by atoms with Crippen molar-refractivity contribution in [2.75, 3.05) is 54.6 Å². The molecule has 0 saturated heterocycles. The van der Waals surface area contributed by atoms with Crippen molar-refractivity contribution in [2.45, 2.75) is 65.2 Å². The highest BCUT2D eigenvalue weighted by Crippen LogP contribution is 2.39. The number of nitrogens with one attached hydrogen (secondary N) is 2. The van der Waals surface area contributed by atoms with Gasteiger partial charge in [0.15, 0.2) is 0 Å². The maximum Gasteiger partial charge on any atom is 0.133 e. The SMILES string of the molecule is COc1cc(OC)c2c(C)c3[nH]c2c1C=NCCCCCCN=Cc1[nH]c2c(c(OC)cc(OC)c2c1C)C=NCCCCCCN=C3. The van der Waals surface area contributed by atoms with E-state index in [1.165, 1.54) is 0 Å². The van der Waals surface area contributed by atoms with Crippen LogP contribution in [0.25, 0.3) is 21.8 Å². The van der Waals surface area contributed by atoms with Gasteiger partial charge in [-0.15, -0.1) is 0 Å². The number of benzene rings is 2. The molecule has 0 unspecified atom stereocenters. The van der Waals surface area contributed by atoms with Crippen molar-refractivity contribution in [3.05, 3.63) is 45.8 Å². The summed E-state index contributed by atoms with van der Waals surface area (Å²) in [6.45, 7) is 7.24. The third-order valence-electron chi connectivity index (χ3n) is 9.07. The minimum atomic E-state index is 0.730. The van der Waals surface area contributed by atoms with E-state index in [0.717, 1.165) is 156 Å². The van der Waals surface area contributed by atoms with Crippen LogP contribution in [0, 0.1) is 13.8 Å². The molecule has 0 aliphatic carbocycles. The molecule has 3 heterocycles. The molecule has 1 aliphatic rings. The minimum Gasteiger partial charge on any atom is -0.496 e. The number of ether oxygens (including phenoxy) is 4. The van der Waals surface area contributed by atoms with Crippen molar-refractivity contribution in [1.82, 2.24) is 9.97 Å². The molecule has 2 aromatic carbocycles. The molecule has 1 aliphatic heterocycles. The molecule has 256 valence electrons. The summed E-state index contributed by atoms with van der Waals surface area (Å²) in [4.78, 5) is 26.2. The zero-order valence-corrected chi connectivity index (χ0v) is 29.4. The minimum absolute atomic E-state index is 0.730. The quantitative estimate of drug-likeness (QED) is 0.233. The fraction of sp³-hybridized carbons (Fsp3) is 0.474. The van der Waals surface area contributed by atoms with E-state index in [9.17, 15) is 0 Å². The number of methoxy groups -OCH3 is 4. The normalized spacial score (nSPS) is 15.6. The van der Waals surface area contributed by atoms with Gasteiger partial charge in [0.2, 0.25) is 0 Å². The first kappa shape index (κ1) is 34.7. The van der Waals surface area contributed by atoms with Crippen LogP contribution in [0.5, 0.6) is 23.0 Å². The lowest BCUT2D eigenvalue weighted by atomic mass is 10.1. The Morgan fingerprint density at radius 2 is 0.792 bits per heavy atom. The molecule has 0 atom stereocenters. The highest BCUT2D eigenvalue weighted by molar-refractivity contribution is 6.08. The van der Waals surface area contributed by atoms with Gasteiger partial charge < -0.3 is 28.9 Å². The molecular formula is C38H50N6O4. The van der Waals surface area contributed by atoms with E-state index in [1.54, 1.807) is 28.4 Å². The molecule has 4 bridgehead atoms. The van der Waals surface area contributed by atoms with Crippen LogP contribution in [-0.4, -0.2) is 89.4 Å². The molecule has 0 saturated carbocycles. The van der Waals surface area contributed by atoms with Gasteiger partial charge in [-0.3, -0.25) is 20.0 Å². The van der Waals surface area contributed by atoms with Crippen LogP contribution in [0.1, 0.15) is 85.0 Å². The summed E-state index contributed by atoms with van der Waals surface area (Å²) in [5, 5.41) is 2.06. The van der Waals surface area contributed by atoms with Crippen LogP contribution < -0.4 is 18.9 Å². The first-order chi connectivity index (χ1) is 23.5. The molecule has 0 radical (unpaired) electrons. The number of hydrogen-bond acceptors (Lipinski definition) is 8.